The molecule has 0 radical (unpaired) electrons. The number of hydrogen-bond donors (Lipinski definition) is 2. The Labute approximate surface area is 239 Å². The summed E-state index contributed by atoms with van der Waals surface area (Å²) in [5.74, 6) is 0.513. The van der Waals surface area contributed by atoms with Gasteiger partial charge in [0.05, 0.1) is 30.2 Å². The third-order valence-corrected chi connectivity index (χ3v) is 6.88. The fourth-order valence-electron chi connectivity index (χ4n) is 4.74. The minimum absolute atomic E-state index is 0.0276. The van der Waals surface area contributed by atoms with E-state index in [0.29, 0.717) is 25.1 Å². The molecule has 5 rings (SSSR count). The van der Waals surface area contributed by atoms with E-state index in [4.69, 9.17) is 14.1 Å². The summed E-state index contributed by atoms with van der Waals surface area (Å²) in [7, 11) is 1.86. The van der Waals surface area contributed by atoms with Crippen LogP contribution in [0.25, 0.3) is 11.3 Å². The van der Waals surface area contributed by atoms with Gasteiger partial charge in [0.25, 0.3) is 0 Å². The predicted molar refractivity (Wildman–Crippen MR) is 154 cm³/mol. The number of aromatic nitrogens is 6. The van der Waals surface area contributed by atoms with E-state index in [1.54, 1.807) is 17.1 Å². The maximum absolute atomic E-state index is 13.2. The van der Waals surface area contributed by atoms with Crippen molar-refractivity contribution < 1.29 is 13.9 Å². The number of nitrogens with zero attached hydrogens (tertiary/aromatic N) is 7. The first-order valence-corrected chi connectivity index (χ1v) is 13.9. The summed E-state index contributed by atoms with van der Waals surface area (Å²) in [4.78, 5) is 24.6. The van der Waals surface area contributed by atoms with Crippen LogP contribution < -0.4 is 10.6 Å². The van der Waals surface area contributed by atoms with E-state index in [2.05, 4.69) is 47.9 Å². The number of aryl methyl sites for hydroxylation is 1. The third-order valence-electron chi connectivity index (χ3n) is 6.88. The zero-order valence-corrected chi connectivity index (χ0v) is 24.2. The smallest absolute Gasteiger partial charge is 0.309 e. The second-order valence-electron chi connectivity index (χ2n) is 11.2. The number of benzene rings is 1. The molecule has 2 N–H and O–H groups in total. The molecular weight excluding hydrogens is 522 g/mol. The summed E-state index contributed by atoms with van der Waals surface area (Å²) in [6.07, 6.45) is 6.06. The molecule has 1 aliphatic heterocycles. The Morgan fingerprint density at radius 2 is 2.07 bits per heavy atom. The molecule has 12 nitrogen and oxygen atoms in total. The summed E-state index contributed by atoms with van der Waals surface area (Å²) in [5, 5.41) is 18.6. The minimum atomic E-state index is -0.377. The van der Waals surface area contributed by atoms with Crippen LogP contribution in [0.5, 0.6) is 0 Å². The molecular formula is C29H37N9O3. The largest absolute Gasteiger partial charge is 0.416 e. The van der Waals surface area contributed by atoms with Gasteiger partial charge in [0, 0.05) is 56.7 Å². The average molecular weight is 560 g/mol. The van der Waals surface area contributed by atoms with E-state index in [9.17, 15) is 4.79 Å². The number of carbonyl (C=O) groups excluding carboxylic acids is 1. The molecule has 3 aromatic heterocycles. The van der Waals surface area contributed by atoms with Crippen LogP contribution in [-0.2, 0) is 23.7 Å². The molecule has 1 atom stereocenters. The fraction of sp³-hybridized carbons (Fsp3) is 0.448. The lowest BCUT2D eigenvalue weighted by atomic mass is 9.96. The molecule has 4 aromatic rings. The minimum Gasteiger partial charge on any atom is -0.416 e. The molecule has 4 heterocycles. The first kappa shape index (κ1) is 28.4. The number of carbonyl (C=O) groups is 1. The molecule has 1 unspecified atom stereocenters. The van der Waals surface area contributed by atoms with Gasteiger partial charge in [-0.15, -0.1) is 10.2 Å². The van der Waals surface area contributed by atoms with Crippen molar-refractivity contribution in [3.63, 3.8) is 0 Å². The van der Waals surface area contributed by atoms with Gasteiger partial charge >= 0.3 is 11.8 Å². The van der Waals surface area contributed by atoms with Crippen LogP contribution in [-0.4, -0.2) is 67.1 Å². The van der Waals surface area contributed by atoms with Crippen molar-refractivity contribution in [2.75, 3.05) is 31.6 Å². The normalized spacial score (nSPS) is 15.8. The Hall–Kier alpha value is -4.16. The molecule has 0 aliphatic carbocycles. The summed E-state index contributed by atoms with van der Waals surface area (Å²) in [5.41, 5.74) is 4.39. The highest BCUT2D eigenvalue weighted by Gasteiger charge is 2.28. The fourth-order valence-corrected chi connectivity index (χ4v) is 4.74. The van der Waals surface area contributed by atoms with Gasteiger partial charge < -0.3 is 19.8 Å². The van der Waals surface area contributed by atoms with Gasteiger partial charge in [-0.3, -0.25) is 14.4 Å². The Morgan fingerprint density at radius 3 is 2.80 bits per heavy atom. The van der Waals surface area contributed by atoms with Gasteiger partial charge in [0.15, 0.2) is 0 Å². The molecule has 41 heavy (non-hydrogen) atoms. The Morgan fingerprint density at radius 1 is 1.22 bits per heavy atom. The molecule has 216 valence electrons. The van der Waals surface area contributed by atoms with Crippen molar-refractivity contribution >= 4 is 17.5 Å². The molecule has 0 bridgehead atoms. The van der Waals surface area contributed by atoms with Crippen molar-refractivity contribution in [2.45, 2.75) is 52.1 Å². The average Bonchev–Trinajstić information content (AvgIpc) is 3.57. The van der Waals surface area contributed by atoms with Gasteiger partial charge in [-0.05, 0) is 36.6 Å². The summed E-state index contributed by atoms with van der Waals surface area (Å²) in [6, 6.07) is 7.93. The van der Waals surface area contributed by atoms with E-state index in [1.165, 1.54) is 0 Å². The first-order chi connectivity index (χ1) is 19.7. The number of nitrogens with one attached hydrogen (secondary N) is 2. The van der Waals surface area contributed by atoms with Gasteiger partial charge in [-0.25, -0.2) is 9.97 Å². The van der Waals surface area contributed by atoms with Gasteiger partial charge in [0.2, 0.25) is 11.8 Å². The highest BCUT2D eigenvalue weighted by Crippen LogP contribution is 2.31. The van der Waals surface area contributed by atoms with Crippen LogP contribution in [0, 0.1) is 0 Å². The highest BCUT2D eigenvalue weighted by molar-refractivity contribution is 5.89. The van der Waals surface area contributed by atoms with Crippen molar-refractivity contribution in [3.8, 4) is 11.3 Å². The van der Waals surface area contributed by atoms with E-state index in [-0.39, 0.29) is 23.3 Å². The van der Waals surface area contributed by atoms with Crippen LogP contribution in [0.3, 0.4) is 0 Å². The van der Waals surface area contributed by atoms with Crippen LogP contribution in [0.1, 0.15) is 67.9 Å². The zero-order valence-electron chi connectivity index (χ0n) is 24.2. The molecule has 1 amide bonds. The molecule has 0 spiro atoms. The maximum atomic E-state index is 13.2. The van der Waals surface area contributed by atoms with Crippen molar-refractivity contribution in [1.29, 1.82) is 0 Å². The lowest BCUT2D eigenvalue weighted by Crippen LogP contribution is -2.31. The number of hydrogen-bond acceptors (Lipinski definition) is 10. The zero-order chi connectivity index (χ0) is 29.0. The second kappa shape index (κ2) is 12.1. The summed E-state index contributed by atoms with van der Waals surface area (Å²) in [6.45, 7) is 11.5. The van der Waals surface area contributed by atoms with Gasteiger partial charge in [0.1, 0.15) is 0 Å². The maximum Gasteiger partial charge on any atom is 0.309 e. The Bertz CT molecular complexity index is 1490. The number of amides is 1. The summed E-state index contributed by atoms with van der Waals surface area (Å²) < 4.78 is 13.0. The van der Waals surface area contributed by atoms with Gasteiger partial charge in [-0.2, -0.15) is 5.10 Å². The number of rotatable bonds is 9. The van der Waals surface area contributed by atoms with E-state index >= 15 is 0 Å². The lowest BCUT2D eigenvalue weighted by Gasteiger charge is -2.20. The van der Waals surface area contributed by atoms with Crippen molar-refractivity contribution in [3.05, 3.63) is 65.8 Å². The van der Waals surface area contributed by atoms with Crippen molar-refractivity contribution in [2.24, 2.45) is 7.05 Å². The number of ether oxygens (including phenoxy) is 1. The molecule has 0 saturated carbocycles. The van der Waals surface area contributed by atoms with E-state index in [0.717, 1.165) is 54.1 Å². The molecule has 0 fully saturated rings. The van der Waals surface area contributed by atoms with Crippen LogP contribution >= 0.6 is 0 Å². The van der Waals surface area contributed by atoms with E-state index in [1.807, 2.05) is 53.1 Å². The summed E-state index contributed by atoms with van der Waals surface area (Å²) >= 11 is 0. The quantitative estimate of drug-likeness (QED) is 0.289. The van der Waals surface area contributed by atoms with Crippen LogP contribution in [0.15, 0.2) is 47.3 Å². The second-order valence-corrected chi connectivity index (χ2v) is 11.2. The molecule has 0 saturated heterocycles. The van der Waals surface area contributed by atoms with E-state index < -0.39 is 0 Å². The molecule has 12 heteroatoms. The SMILES string of the molecule is CCOCCN1CCC(NC(=O)c2nnc(C(C)(C)C)o2)c2ccc(-c3ccnc(Nc4cnn(C)c4)n3)cc2C1. The lowest BCUT2D eigenvalue weighted by molar-refractivity contribution is 0.0889. The Balaban J connectivity index is 1.41. The highest BCUT2D eigenvalue weighted by atomic mass is 16.5. The Kier molecular flexibility index (Phi) is 8.41. The van der Waals surface area contributed by atoms with Gasteiger partial charge in [-0.1, -0.05) is 32.9 Å². The van der Waals surface area contributed by atoms with Crippen LogP contribution in [0.4, 0.5) is 11.6 Å². The predicted octanol–water partition coefficient (Wildman–Crippen LogP) is 4.01. The first-order valence-electron chi connectivity index (χ1n) is 13.9. The number of fused-ring (bicyclic) bond motifs is 1. The molecule has 1 aromatic carbocycles. The topological polar surface area (TPSA) is 136 Å². The van der Waals surface area contributed by atoms with Crippen LogP contribution in [0.2, 0.25) is 0 Å². The number of anilines is 2. The third kappa shape index (κ3) is 6.95. The molecule has 1 aliphatic rings. The monoisotopic (exact) mass is 559 g/mol. The van der Waals surface area contributed by atoms with Crippen molar-refractivity contribution in [1.82, 2.24) is 40.2 Å². The standard InChI is InChI=1S/C29H37N9O3/c1-6-40-14-13-38-12-10-24(33-25(39)26-35-36-27(41-26)29(2,3)4)22-8-7-19(15-20(22)17-38)23-9-11-30-28(34-23)32-21-16-31-37(5)18-21/h7-9,11,15-16,18,24H,6,10,12-14,17H2,1-5H3,(H,33,39)(H,30,32,34).